The van der Waals surface area contributed by atoms with Gasteiger partial charge in [0.05, 0.1) is 19.3 Å². The highest BCUT2D eigenvalue weighted by Gasteiger charge is 2.46. The van der Waals surface area contributed by atoms with Crippen molar-refractivity contribution in [1.82, 2.24) is 9.58 Å². The molecule has 7 rings (SSSR count). The smallest absolute Gasteiger partial charge is 0.278 e. The number of morpholine rings is 1. The molecule has 0 saturated carbocycles. The maximum atomic E-state index is 14.9. The van der Waals surface area contributed by atoms with E-state index in [2.05, 4.69) is 0 Å². The van der Waals surface area contributed by atoms with Gasteiger partial charge in [0.15, 0.2) is 11.4 Å². The summed E-state index contributed by atoms with van der Waals surface area (Å²) in [6.07, 6.45) is 0.967. The number of hydrogen-bond donors (Lipinski definition) is 1. The summed E-state index contributed by atoms with van der Waals surface area (Å²) in [5, 5.41) is 14.7. The lowest BCUT2D eigenvalue weighted by atomic mass is 9.92. The van der Waals surface area contributed by atoms with E-state index >= 15 is 0 Å². The molecule has 2 aromatic carbocycles. The van der Waals surface area contributed by atoms with Crippen LogP contribution in [0.4, 0.5) is 4.39 Å². The van der Waals surface area contributed by atoms with Crippen LogP contribution in [0.3, 0.4) is 0 Å². The van der Waals surface area contributed by atoms with Gasteiger partial charge in [-0.3, -0.25) is 19.3 Å². The van der Waals surface area contributed by atoms with E-state index in [0.29, 0.717) is 13.2 Å². The van der Waals surface area contributed by atoms with E-state index in [1.807, 2.05) is 40.7 Å². The Morgan fingerprint density at radius 2 is 1.86 bits per heavy atom. The van der Waals surface area contributed by atoms with Gasteiger partial charge in [-0.2, -0.15) is 0 Å². The molecule has 0 bridgehead atoms. The van der Waals surface area contributed by atoms with Gasteiger partial charge < -0.3 is 14.7 Å². The number of thiophene rings is 1. The van der Waals surface area contributed by atoms with Crippen molar-refractivity contribution in [2.45, 2.75) is 12.2 Å². The number of aromatic hydroxyl groups is 1. The molecular formula is C27H20FN3O4S. The number of halogens is 1. The zero-order valence-corrected chi connectivity index (χ0v) is 19.7. The average molecular weight is 502 g/mol. The Balaban J connectivity index is 1.58. The minimum Gasteiger partial charge on any atom is -0.502 e. The van der Waals surface area contributed by atoms with Crippen LogP contribution in [-0.4, -0.2) is 46.5 Å². The standard InChI is InChI=1S/C27H20FN3O4S/c28-15-5-6-16-19-8-12-36-26(19)18-4-2-1-3-17(18)23(20(16)13-15)31-22-14-35-11-10-29(22)27(34)24-25(33)21(32)7-9-30(24)31/h1-9,12-13,22-23,33H,10-11,14H2/t22?,23-/m1/s1. The number of carbonyl (C=O) groups excluding carboxylic acids is 1. The number of aromatic nitrogens is 1. The Kier molecular flexibility index (Phi) is 4.61. The van der Waals surface area contributed by atoms with Crippen LogP contribution in [0.15, 0.2) is 71.0 Å². The highest BCUT2D eigenvalue weighted by atomic mass is 32.1. The van der Waals surface area contributed by atoms with Crippen molar-refractivity contribution in [1.29, 1.82) is 0 Å². The summed E-state index contributed by atoms with van der Waals surface area (Å²) in [6, 6.07) is 15.5. The lowest BCUT2D eigenvalue weighted by molar-refractivity contribution is -0.0196. The van der Waals surface area contributed by atoms with E-state index in [0.717, 1.165) is 32.7 Å². The summed E-state index contributed by atoms with van der Waals surface area (Å²) >= 11 is 1.62. The number of rotatable bonds is 1. The van der Waals surface area contributed by atoms with Gasteiger partial charge in [0.25, 0.3) is 5.91 Å². The van der Waals surface area contributed by atoms with E-state index in [-0.39, 0.29) is 18.1 Å². The lowest BCUT2D eigenvalue weighted by Gasteiger charge is -2.51. The van der Waals surface area contributed by atoms with Crippen molar-refractivity contribution in [2.75, 3.05) is 24.8 Å². The first-order valence-electron chi connectivity index (χ1n) is 11.6. The summed E-state index contributed by atoms with van der Waals surface area (Å²) in [5.74, 6) is -1.41. The Morgan fingerprint density at radius 3 is 2.75 bits per heavy atom. The Hall–Kier alpha value is -3.95. The second-order valence-electron chi connectivity index (χ2n) is 9.04. The summed E-state index contributed by atoms with van der Waals surface area (Å²) < 4.78 is 22.2. The number of carbonyl (C=O) groups is 1. The van der Waals surface area contributed by atoms with Crippen LogP contribution in [0, 0.1) is 5.82 Å². The molecule has 4 heterocycles. The molecule has 2 atom stereocenters. The molecule has 36 heavy (non-hydrogen) atoms. The zero-order chi connectivity index (χ0) is 24.6. The molecule has 1 aliphatic carbocycles. The van der Waals surface area contributed by atoms with E-state index in [4.69, 9.17) is 4.74 Å². The molecule has 1 unspecified atom stereocenters. The molecule has 1 fully saturated rings. The number of pyridine rings is 1. The van der Waals surface area contributed by atoms with Crippen molar-refractivity contribution in [2.24, 2.45) is 0 Å². The monoisotopic (exact) mass is 501 g/mol. The molecule has 0 spiro atoms. The normalized spacial score (nSPS) is 20.1. The van der Waals surface area contributed by atoms with Gasteiger partial charge in [-0.15, -0.1) is 11.3 Å². The Morgan fingerprint density at radius 1 is 1.00 bits per heavy atom. The van der Waals surface area contributed by atoms with Crippen LogP contribution in [0.25, 0.3) is 21.6 Å². The fourth-order valence-electron chi connectivity index (χ4n) is 5.66. The maximum Gasteiger partial charge on any atom is 0.278 e. The highest BCUT2D eigenvalue weighted by molar-refractivity contribution is 7.14. The number of hydrogen-bond acceptors (Lipinski definition) is 6. The third-order valence-electron chi connectivity index (χ3n) is 7.20. The molecule has 4 aromatic rings. The van der Waals surface area contributed by atoms with Gasteiger partial charge in [0, 0.05) is 29.2 Å². The number of ether oxygens (including phenoxy) is 1. The summed E-state index contributed by atoms with van der Waals surface area (Å²) in [6.45, 7) is 0.876. The van der Waals surface area contributed by atoms with Crippen molar-refractivity contribution in [3.63, 3.8) is 0 Å². The second-order valence-corrected chi connectivity index (χ2v) is 9.96. The molecule has 1 N–H and O–H groups in total. The summed E-state index contributed by atoms with van der Waals surface area (Å²) in [4.78, 5) is 28.5. The van der Waals surface area contributed by atoms with E-state index in [1.165, 1.54) is 24.4 Å². The third kappa shape index (κ3) is 2.87. The number of amides is 1. The predicted molar refractivity (Wildman–Crippen MR) is 133 cm³/mol. The van der Waals surface area contributed by atoms with E-state index in [9.17, 15) is 19.1 Å². The van der Waals surface area contributed by atoms with Gasteiger partial charge in [0.1, 0.15) is 12.0 Å². The van der Waals surface area contributed by atoms with Crippen molar-refractivity contribution in [3.8, 4) is 27.3 Å². The summed E-state index contributed by atoms with van der Waals surface area (Å²) in [7, 11) is 0. The molecular weight excluding hydrogens is 481 g/mol. The van der Waals surface area contributed by atoms with Crippen LogP contribution in [0.5, 0.6) is 5.75 Å². The molecule has 1 saturated heterocycles. The molecule has 2 aliphatic heterocycles. The van der Waals surface area contributed by atoms with Gasteiger partial charge in [-0.25, -0.2) is 4.39 Å². The second kappa shape index (κ2) is 7.78. The first kappa shape index (κ1) is 21.3. The molecule has 3 aliphatic rings. The fourth-order valence-corrected chi connectivity index (χ4v) is 6.62. The molecule has 2 aromatic heterocycles. The minimum absolute atomic E-state index is 0.102. The number of fused-ring (bicyclic) bond motifs is 7. The van der Waals surface area contributed by atoms with Gasteiger partial charge in [-0.05, 0) is 45.8 Å². The van der Waals surface area contributed by atoms with Gasteiger partial charge in [-0.1, -0.05) is 30.3 Å². The SMILES string of the molecule is O=C1c2c(O)c(=O)ccn2N([C@H]2c3cc(F)ccc3-c3ccsc3-c3ccccc32)C2COCCN12. The van der Waals surface area contributed by atoms with Crippen LogP contribution in [0.2, 0.25) is 0 Å². The molecule has 180 valence electrons. The van der Waals surface area contributed by atoms with E-state index in [1.54, 1.807) is 27.0 Å². The largest absolute Gasteiger partial charge is 0.502 e. The van der Waals surface area contributed by atoms with Crippen molar-refractivity contribution in [3.05, 3.63) is 99.0 Å². The van der Waals surface area contributed by atoms with Gasteiger partial charge in [0.2, 0.25) is 5.43 Å². The Bertz CT molecular complexity index is 1610. The van der Waals surface area contributed by atoms with Crippen molar-refractivity contribution >= 4 is 17.2 Å². The van der Waals surface area contributed by atoms with E-state index < -0.39 is 29.3 Å². The van der Waals surface area contributed by atoms with Crippen LogP contribution >= 0.6 is 11.3 Å². The third-order valence-corrected chi connectivity index (χ3v) is 8.15. The highest BCUT2D eigenvalue weighted by Crippen LogP contribution is 2.50. The summed E-state index contributed by atoms with van der Waals surface area (Å²) in [5.41, 5.74) is 3.83. The van der Waals surface area contributed by atoms with Crippen molar-refractivity contribution < 1.29 is 19.0 Å². The number of nitrogens with zero attached hydrogens (tertiary/aromatic N) is 3. The predicted octanol–water partition coefficient (Wildman–Crippen LogP) is 3.94. The molecule has 7 nitrogen and oxygen atoms in total. The molecule has 9 heteroatoms. The van der Waals surface area contributed by atoms with Crippen LogP contribution in [0.1, 0.15) is 27.7 Å². The first-order chi connectivity index (χ1) is 17.5. The quantitative estimate of drug-likeness (QED) is 0.428. The first-order valence-corrected chi connectivity index (χ1v) is 12.5. The van der Waals surface area contributed by atoms with Crippen LogP contribution in [-0.2, 0) is 4.74 Å². The van der Waals surface area contributed by atoms with Gasteiger partial charge >= 0.3 is 0 Å². The average Bonchev–Trinajstić information content (AvgIpc) is 3.34. The molecule has 1 amide bonds. The topological polar surface area (TPSA) is 75.0 Å². The zero-order valence-electron chi connectivity index (χ0n) is 18.9. The van der Waals surface area contributed by atoms with Crippen LogP contribution < -0.4 is 10.4 Å². The fraction of sp³-hybridized carbons (Fsp3) is 0.185. The maximum absolute atomic E-state index is 14.9. The minimum atomic E-state index is -0.629. The molecule has 0 radical (unpaired) electrons. The number of benzene rings is 2. The Labute approximate surface area is 209 Å². The lowest BCUT2D eigenvalue weighted by Crippen LogP contribution is -2.66.